The largest absolute Gasteiger partial charge is 0.493 e. The first-order chi connectivity index (χ1) is 15.0. The van der Waals surface area contributed by atoms with Crippen molar-refractivity contribution >= 4 is 22.0 Å². The summed E-state index contributed by atoms with van der Waals surface area (Å²) in [6.45, 7) is 3.08. The lowest BCUT2D eigenvalue weighted by atomic mass is 9.86. The van der Waals surface area contributed by atoms with E-state index in [1.54, 1.807) is 21.3 Å². The fraction of sp³-hybridized carbons (Fsp3) is 0.409. The van der Waals surface area contributed by atoms with Crippen LogP contribution in [0.15, 0.2) is 22.7 Å². The summed E-state index contributed by atoms with van der Waals surface area (Å²) in [5.74, 6) is 2.94. The molecule has 31 heavy (non-hydrogen) atoms. The molecule has 2 heterocycles. The molecular formula is C22H25BrN2O6. The Hall–Kier alpha value is -2.81. The second-order valence-electron chi connectivity index (χ2n) is 7.10. The van der Waals surface area contributed by atoms with Gasteiger partial charge in [0.05, 0.1) is 31.8 Å². The van der Waals surface area contributed by atoms with E-state index in [9.17, 15) is 4.79 Å². The molecule has 1 N–H and O–H groups in total. The lowest BCUT2D eigenvalue weighted by molar-refractivity contribution is 0.169. The van der Waals surface area contributed by atoms with Gasteiger partial charge in [-0.15, -0.1) is 0 Å². The number of nitrogens with one attached hydrogen (secondary N) is 1. The van der Waals surface area contributed by atoms with Gasteiger partial charge in [0.2, 0.25) is 12.5 Å². The zero-order valence-corrected chi connectivity index (χ0v) is 19.5. The summed E-state index contributed by atoms with van der Waals surface area (Å²) in [6, 6.07) is 5.10. The summed E-state index contributed by atoms with van der Waals surface area (Å²) in [5, 5.41) is 2.92. The number of nitrogens with zero attached hydrogens (tertiary/aromatic N) is 1. The molecule has 0 saturated carbocycles. The minimum atomic E-state index is -0.421. The van der Waals surface area contributed by atoms with Crippen LogP contribution in [0.1, 0.15) is 29.7 Å². The number of methoxy groups -OCH3 is 3. The topological polar surface area (TPSA) is 78.5 Å². The van der Waals surface area contributed by atoms with Gasteiger partial charge in [-0.05, 0) is 52.5 Å². The third-order valence-electron chi connectivity index (χ3n) is 5.56. The van der Waals surface area contributed by atoms with Crippen molar-refractivity contribution in [1.82, 2.24) is 10.2 Å². The summed E-state index contributed by atoms with van der Waals surface area (Å²) in [7, 11) is 4.78. The molecule has 0 fully saturated rings. The highest BCUT2D eigenvalue weighted by atomic mass is 79.9. The quantitative estimate of drug-likeness (QED) is 0.682. The first-order valence-corrected chi connectivity index (χ1v) is 10.8. The van der Waals surface area contributed by atoms with Crippen LogP contribution in [0.25, 0.3) is 0 Å². The Labute approximate surface area is 189 Å². The van der Waals surface area contributed by atoms with Gasteiger partial charge in [0.15, 0.2) is 23.0 Å². The SMILES string of the molecule is CCNC(=O)N1CCc2c(Br)c3c(c(OC)c2C1c1ccc(OC)c(OC)c1)OCO3. The van der Waals surface area contributed by atoms with E-state index in [4.69, 9.17) is 23.7 Å². The Morgan fingerprint density at radius 2 is 1.90 bits per heavy atom. The van der Waals surface area contributed by atoms with Crippen molar-refractivity contribution in [2.45, 2.75) is 19.4 Å². The molecule has 2 aromatic rings. The van der Waals surface area contributed by atoms with Gasteiger partial charge in [-0.3, -0.25) is 0 Å². The molecule has 9 heteroatoms. The van der Waals surface area contributed by atoms with Gasteiger partial charge in [-0.1, -0.05) is 6.07 Å². The van der Waals surface area contributed by atoms with Crippen molar-refractivity contribution in [3.63, 3.8) is 0 Å². The Morgan fingerprint density at radius 1 is 1.16 bits per heavy atom. The molecular weight excluding hydrogens is 468 g/mol. The summed E-state index contributed by atoms with van der Waals surface area (Å²) < 4.78 is 29.0. The number of carbonyl (C=O) groups excluding carboxylic acids is 1. The van der Waals surface area contributed by atoms with E-state index in [1.165, 1.54) is 0 Å². The summed E-state index contributed by atoms with van der Waals surface area (Å²) in [5.41, 5.74) is 2.76. The number of hydrogen-bond donors (Lipinski definition) is 1. The minimum absolute atomic E-state index is 0.119. The molecule has 1 atom stereocenters. The summed E-state index contributed by atoms with van der Waals surface area (Å²) in [6.07, 6.45) is 0.643. The van der Waals surface area contributed by atoms with E-state index in [0.717, 1.165) is 21.2 Å². The van der Waals surface area contributed by atoms with Crippen LogP contribution in [-0.2, 0) is 6.42 Å². The third kappa shape index (κ3) is 3.50. The maximum atomic E-state index is 13.0. The highest BCUT2D eigenvalue weighted by Gasteiger charge is 2.40. The predicted octanol–water partition coefficient (Wildman–Crippen LogP) is 3.88. The minimum Gasteiger partial charge on any atom is -0.493 e. The Bertz CT molecular complexity index is 1010. The molecule has 1 unspecified atom stereocenters. The summed E-state index contributed by atoms with van der Waals surface area (Å²) in [4.78, 5) is 14.8. The monoisotopic (exact) mass is 492 g/mol. The van der Waals surface area contributed by atoms with E-state index >= 15 is 0 Å². The molecule has 0 aliphatic carbocycles. The molecule has 0 radical (unpaired) electrons. The van der Waals surface area contributed by atoms with Gasteiger partial charge in [0.1, 0.15) is 0 Å². The van der Waals surface area contributed by atoms with Crippen LogP contribution in [0.5, 0.6) is 28.7 Å². The number of benzene rings is 2. The number of rotatable bonds is 5. The Kier molecular flexibility index (Phi) is 6.04. The molecule has 0 saturated heterocycles. The smallest absolute Gasteiger partial charge is 0.318 e. The summed E-state index contributed by atoms with van der Waals surface area (Å²) >= 11 is 3.70. The maximum absolute atomic E-state index is 13.0. The molecule has 2 aliphatic rings. The highest BCUT2D eigenvalue weighted by molar-refractivity contribution is 9.10. The van der Waals surface area contributed by atoms with Gasteiger partial charge < -0.3 is 33.9 Å². The van der Waals surface area contributed by atoms with Crippen molar-refractivity contribution in [2.24, 2.45) is 0 Å². The fourth-order valence-corrected chi connectivity index (χ4v) is 4.93. The molecule has 2 aromatic carbocycles. The number of halogens is 1. The van der Waals surface area contributed by atoms with Crippen LogP contribution in [0.4, 0.5) is 4.79 Å². The second-order valence-corrected chi connectivity index (χ2v) is 7.89. The Balaban J connectivity index is 1.96. The fourth-order valence-electron chi connectivity index (χ4n) is 4.22. The first-order valence-electron chi connectivity index (χ1n) is 9.99. The second kappa shape index (κ2) is 8.74. The first kappa shape index (κ1) is 21.4. The average Bonchev–Trinajstić information content (AvgIpc) is 3.28. The normalized spacial score (nSPS) is 16.5. The number of urea groups is 1. The van der Waals surface area contributed by atoms with Gasteiger partial charge in [0.25, 0.3) is 0 Å². The number of amides is 2. The van der Waals surface area contributed by atoms with Crippen LogP contribution in [-0.4, -0.2) is 52.1 Å². The number of carbonyl (C=O) groups is 1. The van der Waals surface area contributed by atoms with Gasteiger partial charge >= 0.3 is 6.03 Å². The van der Waals surface area contributed by atoms with Gasteiger partial charge in [0, 0.05) is 18.7 Å². The average molecular weight is 493 g/mol. The van der Waals surface area contributed by atoms with Crippen LogP contribution in [0, 0.1) is 0 Å². The van der Waals surface area contributed by atoms with Crippen molar-refractivity contribution in [3.8, 4) is 28.7 Å². The molecule has 4 rings (SSSR count). The molecule has 0 aromatic heterocycles. The van der Waals surface area contributed by atoms with Crippen LogP contribution in [0.3, 0.4) is 0 Å². The van der Waals surface area contributed by atoms with Crippen LogP contribution < -0.4 is 29.0 Å². The lowest BCUT2D eigenvalue weighted by Crippen LogP contribution is -2.46. The standard InChI is InChI=1S/C22H25BrN2O6/c1-5-24-22(26)25-9-8-13-16(19(29-4)21-20(17(13)23)30-11-31-21)18(25)12-6-7-14(27-2)15(10-12)28-3/h6-7,10,18H,5,8-9,11H2,1-4H3,(H,24,26). The third-order valence-corrected chi connectivity index (χ3v) is 6.40. The Morgan fingerprint density at radius 3 is 2.58 bits per heavy atom. The van der Waals surface area contributed by atoms with Gasteiger partial charge in [-0.2, -0.15) is 0 Å². The number of hydrogen-bond acceptors (Lipinski definition) is 6. The van der Waals surface area contributed by atoms with Crippen LogP contribution in [0.2, 0.25) is 0 Å². The molecule has 2 aliphatic heterocycles. The zero-order valence-electron chi connectivity index (χ0n) is 17.9. The molecule has 8 nitrogen and oxygen atoms in total. The van der Waals surface area contributed by atoms with Crippen molar-refractivity contribution < 1.29 is 28.5 Å². The van der Waals surface area contributed by atoms with E-state index in [0.29, 0.717) is 48.3 Å². The highest BCUT2D eigenvalue weighted by Crippen LogP contribution is 2.55. The zero-order chi connectivity index (χ0) is 22.1. The maximum Gasteiger partial charge on any atom is 0.318 e. The predicted molar refractivity (Wildman–Crippen MR) is 118 cm³/mol. The molecule has 0 bridgehead atoms. The van der Waals surface area contributed by atoms with Crippen molar-refractivity contribution in [2.75, 3.05) is 41.2 Å². The number of fused-ring (bicyclic) bond motifs is 2. The van der Waals surface area contributed by atoms with E-state index in [-0.39, 0.29) is 12.8 Å². The molecule has 0 spiro atoms. The van der Waals surface area contributed by atoms with Crippen LogP contribution >= 0.6 is 15.9 Å². The van der Waals surface area contributed by atoms with E-state index in [2.05, 4.69) is 21.2 Å². The van der Waals surface area contributed by atoms with Crippen molar-refractivity contribution in [1.29, 1.82) is 0 Å². The number of ether oxygens (including phenoxy) is 5. The lowest BCUT2D eigenvalue weighted by Gasteiger charge is -2.39. The van der Waals surface area contributed by atoms with E-state index in [1.807, 2.05) is 30.0 Å². The van der Waals surface area contributed by atoms with Crippen molar-refractivity contribution in [3.05, 3.63) is 39.4 Å². The van der Waals surface area contributed by atoms with Gasteiger partial charge in [-0.25, -0.2) is 4.79 Å². The molecule has 2 amide bonds. The van der Waals surface area contributed by atoms with E-state index < -0.39 is 6.04 Å². The molecule has 166 valence electrons.